The van der Waals surface area contributed by atoms with Crippen LogP contribution in [0.5, 0.6) is 0 Å². The van der Waals surface area contributed by atoms with Gasteiger partial charge >= 0.3 is 6.18 Å². The van der Waals surface area contributed by atoms with E-state index in [1.807, 2.05) is 0 Å². The lowest BCUT2D eigenvalue weighted by atomic mass is 10.1. The van der Waals surface area contributed by atoms with Crippen molar-refractivity contribution in [1.82, 2.24) is 10.6 Å². The van der Waals surface area contributed by atoms with Crippen LogP contribution in [-0.4, -0.2) is 47.0 Å². The van der Waals surface area contributed by atoms with Gasteiger partial charge in [-0.05, 0) is 30.3 Å². The highest BCUT2D eigenvalue weighted by Crippen LogP contribution is 2.31. The first-order chi connectivity index (χ1) is 14.8. The Bertz CT molecular complexity index is 998. The Hall–Kier alpha value is -3.05. The summed E-state index contributed by atoms with van der Waals surface area (Å²) in [6, 6.07) is 9.50. The van der Waals surface area contributed by atoms with Crippen molar-refractivity contribution < 1.29 is 27.9 Å². The lowest BCUT2D eigenvalue weighted by Crippen LogP contribution is -2.49. The van der Waals surface area contributed by atoms with Crippen LogP contribution in [0.2, 0.25) is 0 Å². The quantitative estimate of drug-likeness (QED) is 0.540. The Labute approximate surface area is 180 Å². The Morgan fingerprint density at radius 3 is 2.61 bits per heavy atom. The van der Waals surface area contributed by atoms with Crippen molar-refractivity contribution in [3.05, 3.63) is 59.7 Å². The summed E-state index contributed by atoms with van der Waals surface area (Å²) in [7, 11) is 0. The van der Waals surface area contributed by atoms with E-state index in [1.165, 1.54) is 36.0 Å². The molecule has 0 saturated heterocycles. The van der Waals surface area contributed by atoms with Crippen molar-refractivity contribution in [3.63, 3.8) is 0 Å². The molecule has 0 fully saturated rings. The summed E-state index contributed by atoms with van der Waals surface area (Å²) in [5.74, 6) is -0.557. The van der Waals surface area contributed by atoms with Crippen LogP contribution in [0.1, 0.15) is 15.9 Å². The van der Waals surface area contributed by atoms with E-state index in [-0.39, 0.29) is 16.9 Å². The van der Waals surface area contributed by atoms with Gasteiger partial charge in [-0.25, -0.2) is 0 Å². The zero-order chi connectivity index (χ0) is 22.4. The maximum atomic E-state index is 13.0. The molecule has 11 heteroatoms. The number of carbonyl (C=O) groups excluding carboxylic acids is 2. The molecule has 2 aromatic rings. The molecule has 1 aliphatic heterocycles. The smallest absolute Gasteiger partial charge is 0.394 e. The molecule has 0 spiro atoms. The second-order valence-corrected chi connectivity index (χ2v) is 7.57. The number of aliphatic hydroxyl groups excluding tert-OH is 1. The molecule has 2 aromatic carbocycles. The van der Waals surface area contributed by atoms with Crippen molar-refractivity contribution >= 4 is 40.1 Å². The Kier molecular flexibility index (Phi) is 7.18. The molecule has 1 aliphatic rings. The van der Waals surface area contributed by atoms with Crippen molar-refractivity contribution in [2.75, 3.05) is 24.2 Å². The highest BCUT2D eigenvalue weighted by atomic mass is 32.2. The minimum atomic E-state index is -4.50. The van der Waals surface area contributed by atoms with E-state index in [0.717, 1.165) is 17.9 Å². The number of aliphatic imine (C=N–C) groups is 1. The van der Waals surface area contributed by atoms with Crippen LogP contribution in [0.3, 0.4) is 0 Å². The molecule has 3 rings (SSSR count). The molecular formula is C20H19F3N4O3S. The van der Waals surface area contributed by atoms with Gasteiger partial charge in [0, 0.05) is 11.4 Å². The molecule has 0 radical (unpaired) electrons. The van der Waals surface area contributed by atoms with Crippen LogP contribution in [0.15, 0.2) is 53.5 Å². The minimum absolute atomic E-state index is 0.0961. The van der Waals surface area contributed by atoms with E-state index < -0.39 is 36.2 Å². The summed E-state index contributed by atoms with van der Waals surface area (Å²) < 4.78 is 38.9. The fourth-order valence-electron chi connectivity index (χ4n) is 2.75. The largest absolute Gasteiger partial charge is 0.416 e. The number of thioether (sulfide) groups is 1. The van der Waals surface area contributed by atoms with Gasteiger partial charge in [0.15, 0.2) is 5.17 Å². The number of nitrogens with zero attached hydrogens (tertiary/aromatic N) is 1. The van der Waals surface area contributed by atoms with Gasteiger partial charge in [-0.1, -0.05) is 30.0 Å². The number of nitrogens with one attached hydrogen (secondary N) is 3. The first-order valence-electron chi connectivity index (χ1n) is 9.21. The molecule has 164 valence electrons. The lowest BCUT2D eigenvalue weighted by molar-refractivity contribution is -0.137. The molecule has 0 aromatic heterocycles. The summed E-state index contributed by atoms with van der Waals surface area (Å²) >= 11 is 1.35. The van der Waals surface area contributed by atoms with Gasteiger partial charge in [0.05, 0.1) is 30.0 Å². The minimum Gasteiger partial charge on any atom is -0.394 e. The number of aliphatic hydroxyl groups is 1. The number of halogens is 3. The van der Waals surface area contributed by atoms with Crippen LogP contribution in [0, 0.1) is 0 Å². The van der Waals surface area contributed by atoms with Gasteiger partial charge in [-0.2, -0.15) is 13.2 Å². The monoisotopic (exact) mass is 452 g/mol. The molecule has 2 amide bonds. The van der Waals surface area contributed by atoms with Crippen LogP contribution >= 0.6 is 11.8 Å². The van der Waals surface area contributed by atoms with Gasteiger partial charge < -0.3 is 21.1 Å². The van der Waals surface area contributed by atoms with E-state index >= 15 is 0 Å². The van der Waals surface area contributed by atoms with Crippen molar-refractivity contribution in [2.45, 2.75) is 12.2 Å². The van der Waals surface area contributed by atoms with E-state index in [1.54, 1.807) is 12.1 Å². The molecule has 0 bridgehead atoms. The van der Waals surface area contributed by atoms with E-state index in [0.29, 0.717) is 11.7 Å². The summed E-state index contributed by atoms with van der Waals surface area (Å²) in [5, 5.41) is 17.7. The van der Waals surface area contributed by atoms with E-state index in [4.69, 9.17) is 0 Å². The zero-order valence-electron chi connectivity index (χ0n) is 16.1. The van der Waals surface area contributed by atoms with Gasteiger partial charge in [-0.3, -0.25) is 14.6 Å². The predicted octanol–water partition coefficient (Wildman–Crippen LogP) is 2.76. The summed E-state index contributed by atoms with van der Waals surface area (Å²) in [6.45, 7) is -0.0657. The number of rotatable bonds is 6. The fourth-order valence-corrected chi connectivity index (χ4v) is 3.48. The molecule has 1 heterocycles. The number of benzene rings is 2. The van der Waals surface area contributed by atoms with Crippen molar-refractivity contribution in [1.29, 1.82) is 0 Å². The number of carbonyl (C=O) groups is 2. The Morgan fingerprint density at radius 2 is 1.94 bits per heavy atom. The summed E-state index contributed by atoms with van der Waals surface area (Å²) in [4.78, 5) is 29.1. The maximum absolute atomic E-state index is 13.0. The first kappa shape index (κ1) is 22.6. The van der Waals surface area contributed by atoms with Gasteiger partial charge in [0.2, 0.25) is 0 Å². The van der Waals surface area contributed by atoms with Gasteiger partial charge in [0.25, 0.3) is 11.8 Å². The first-order valence-corrected chi connectivity index (χ1v) is 10.2. The van der Waals surface area contributed by atoms with Crippen LogP contribution < -0.4 is 16.0 Å². The average molecular weight is 452 g/mol. The van der Waals surface area contributed by atoms with Gasteiger partial charge in [0.1, 0.15) is 6.04 Å². The standard InChI is InChI=1S/C20H19F3N4O3S/c21-20(22,23)12-4-3-5-13(10-12)25-15-7-2-1-6-14(15)17(29)26-16(11-28)18(30)27-19-24-8-9-31-19/h1-7,10,16,25,28H,8-9,11H2,(H,26,29)(H,24,27,30). The van der Waals surface area contributed by atoms with Crippen molar-refractivity contribution in [2.24, 2.45) is 4.99 Å². The van der Waals surface area contributed by atoms with Gasteiger partial charge in [-0.15, -0.1) is 0 Å². The Balaban J connectivity index is 1.74. The molecule has 1 atom stereocenters. The molecular weight excluding hydrogens is 433 g/mol. The second kappa shape index (κ2) is 9.84. The number of alkyl halides is 3. The van der Waals surface area contributed by atoms with Crippen LogP contribution in [-0.2, 0) is 11.0 Å². The Morgan fingerprint density at radius 1 is 1.16 bits per heavy atom. The molecule has 0 aliphatic carbocycles. The number of amidine groups is 1. The maximum Gasteiger partial charge on any atom is 0.416 e. The highest BCUT2D eigenvalue weighted by molar-refractivity contribution is 8.14. The average Bonchev–Trinajstić information content (AvgIpc) is 3.24. The van der Waals surface area contributed by atoms with E-state index in [9.17, 15) is 27.9 Å². The normalized spacial score (nSPS) is 14.5. The topological polar surface area (TPSA) is 103 Å². The fraction of sp³-hybridized carbons (Fsp3) is 0.250. The number of para-hydroxylation sites is 1. The predicted molar refractivity (Wildman–Crippen MR) is 112 cm³/mol. The SMILES string of the molecule is O=C(NC(CO)C(=O)NC1=NCCS1)c1ccccc1Nc1cccc(C(F)(F)F)c1. The molecule has 4 N–H and O–H groups in total. The highest BCUT2D eigenvalue weighted by Gasteiger charge is 2.30. The van der Waals surface area contributed by atoms with Crippen molar-refractivity contribution in [3.8, 4) is 0 Å². The molecule has 0 saturated carbocycles. The molecule has 31 heavy (non-hydrogen) atoms. The number of amides is 2. The summed E-state index contributed by atoms with van der Waals surface area (Å²) in [6.07, 6.45) is -4.50. The second-order valence-electron chi connectivity index (χ2n) is 6.48. The molecule has 1 unspecified atom stereocenters. The zero-order valence-corrected chi connectivity index (χ0v) is 16.9. The third-order valence-corrected chi connectivity index (χ3v) is 5.15. The number of anilines is 2. The van der Waals surface area contributed by atoms with Crippen LogP contribution in [0.4, 0.5) is 24.5 Å². The third kappa shape index (κ3) is 5.98. The number of hydrogen-bond acceptors (Lipinski definition) is 6. The number of hydrogen-bond donors (Lipinski definition) is 4. The molecule has 7 nitrogen and oxygen atoms in total. The third-order valence-electron chi connectivity index (χ3n) is 4.26. The van der Waals surface area contributed by atoms with E-state index in [2.05, 4.69) is 20.9 Å². The lowest BCUT2D eigenvalue weighted by Gasteiger charge is -2.18. The summed E-state index contributed by atoms with van der Waals surface area (Å²) in [5.41, 5.74) is -0.349. The van der Waals surface area contributed by atoms with Crippen LogP contribution in [0.25, 0.3) is 0 Å².